The molecule has 96 valence electrons. The molecule has 0 radical (unpaired) electrons. The number of nitro benzene ring substituents is 1. The minimum absolute atomic E-state index is 0.0576. The highest BCUT2D eigenvalue weighted by Gasteiger charge is 2.10. The summed E-state index contributed by atoms with van der Waals surface area (Å²) in [5.74, 6) is 0.583. The smallest absolute Gasteiger partial charge is 0.273 e. The van der Waals surface area contributed by atoms with Crippen LogP contribution in [0.1, 0.15) is 5.56 Å². The Morgan fingerprint density at radius 1 is 1.21 bits per heavy atom. The van der Waals surface area contributed by atoms with E-state index < -0.39 is 4.92 Å². The summed E-state index contributed by atoms with van der Waals surface area (Å²) in [4.78, 5) is 10.2. The Bertz CT molecular complexity index is 641. The van der Waals surface area contributed by atoms with Gasteiger partial charge in [0.1, 0.15) is 17.3 Å². The Balaban J connectivity index is 2.34. The fraction of sp³-hybridized carbons (Fsp3) is 0. The molecule has 0 unspecified atom stereocenters. The summed E-state index contributed by atoms with van der Waals surface area (Å²) in [6.45, 7) is 0. The largest absolute Gasteiger partial charge is 0.456 e. The molecule has 0 heterocycles. The van der Waals surface area contributed by atoms with Crippen molar-refractivity contribution in [2.24, 2.45) is 5.73 Å². The van der Waals surface area contributed by atoms with Crippen LogP contribution in [0.15, 0.2) is 48.5 Å². The molecular formula is C13H11N3O3. The van der Waals surface area contributed by atoms with Crippen LogP contribution in [0.2, 0.25) is 0 Å². The molecule has 0 aromatic heterocycles. The summed E-state index contributed by atoms with van der Waals surface area (Å²) in [5.41, 5.74) is 5.82. The van der Waals surface area contributed by atoms with Crippen molar-refractivity contribution in [1.29, 1.82) is 5.41 Å². The van der Waals surface area contributed by atoms with E-state index in [0.717, 1.165) is 0 Å². The van der Waals surface area contributed by atoms with Crippen LogP contribution in [0, 0.1) is 15.5 Å². The fourth-order valence-electron chi connectivity index (χ4n) is 1.57. The summed E-state index contributed by atoms with van der Waals surface area (Å²) in [6, 6.07) is 12.6. The van der Waals surface area contributed by atoms with Gasteiger partial charge in [0, 0.05) is 6.07 Å². The van der Waals surface area contributed by atoms with Gasteiger partial charge in [0.15, 0.2) is 0 Å². The van der Waals surface area contributed by atoms with Crippen molar-refractivity contribution in [2.45, 2.75) is 0 Å². The van der Waals surface area contributed by atoms with Crippen molar-refractivity contribution in [2.75, 3.05) is 0 Å². The summed E-state index contributed by atoms with van der Waals surface area (Å²) in [7, 11) is 0. The Morgan fingerprint density at radius 2 is 1.95 bits per heavy atom. The van der Waals surface area contributed by atoms with Crippen molar-refractivity contribution in [3.63, 3.8) is 0 Å². The minimum atomic E-state index is -0.496. The highest BCUT2D eigenvalue weighted by atomic mass is 16.6. The summed E-state index contributed by atoms with van der Waals surface area (Å²) >= 11 is 0. The summed E-state index contributed by atoms with van der Waals surface area (Å²) in [5, 5.41) is 18.1. The van der Waals surface area contributed by atoms with Gasteiger partial charge in [-0.05, 0) is 18.2 Å². The van der Waals surface area contributed by atoms with Crippen molar-refractivity contribution in [1.82, 2.24) is 0 Å². The van der Waals surface area contributed by atoms with Gasteiger partial charge < -0.3 is 10.5 Å². The number of amidine groups is 1. The van der Waals surface area contributed by atoms with Gasteiger partial charge in [-0.1, -0.05) is 18.2 Å². The molecule has 19 heavy (non-hydrogen) atoms. The Kier molecular flexibility index (Phi) is 3.42. The van der Waals surface area contributed by atoms with Crippen molar-refractivity contribution in [3.05, 3.63) is 64.2 Å². The molecule has 6 heteroatoms. The maximum Gasteiger partial charge on any atom is 0.273 e. The first-order valence-electron chi connectivity index (χ1n) is 5.43. The number of hydrogen-bond donors (Lipinski definition) is 2. The molecule has 0 saturated carbocycles. The molecule has 0 aliphatic carbocycles. The molecule has 2 aromatic rings. The molecular weight excluding hydrogens is 246 g/mol. The van der Waals surface area contributed by atoms with E-state index in [4.69, 9.17) is 15.9 Å². The standard InChI is InChI=1S/C13H11N3O3/c14-13(15)11-6-1-2-7-12(11)19-10-5-3-4-9(8-10)16(17)18/h1-8H,(H3,14,15). The molecule has 0 amide bonds. The lowest BCUT2D eigenvalue weighted by molar-refractivity contribution is -0.384. The first-order chi connectivity index (χ1) is 9.08. The zero-order valence-corrected chi connectivity index (χ0v) is 9.87. The second kappa shape index (κ2) is 5.18. The maximum atomic E-state index is 10.7. The quantitative estimate of drug-likeness (QED) is 0.380. The summed E-state index contributed by atoms with van der Waals surface area (Å²) in [6.07, 6.45) is 0. The van der Waals surface area contributed by atoms with Crippen LogP contribution in [-0.2, 0) is 0 Å². The minimum Gasteiger partial charge on any atom is -0.456 e. The first-order valence-corrected chi connectivity index (χ1v) is 5.43. The van der Waals surface area contributed by atoms with Crippen molar-refractivity contribution in [3.8, 4) is 11.5 Å². The predicted molar refractivity (Wildman–Crippen MR) is 70.6 cm³/mol. The zero-order valence-electron chi connectivity index (χ0n) is 9.87. The SMILES string of the molecule is N=C(N)c1ccccc1Oc1cccc([N+](=O)[O-])c1. The molecule has 2 aromatic carbocycles. The monoisotopic (exact) mass is 257 g/mol. The Hall–Kier alpha value is -2.89. The second-order valence-corrected chi connectivity index (χ2v) is 3.77. The van der Waals surface area contributed by atoms with Gasteiger partial charge in [0.25, 0.3) is 5.69 Å². The molecule has 3 N–H and O–H groups in total. The maximum absolute atomic E-state index is 10.7. The zero-order chi connectivity index (χ0) is 13.8. The highest BCUT2D eigenvalue weighted by Crippen LogP contribution is 2.27. The first kappa shape index (κ1) is 12.6. The molecule has 0 bridgehead atoms. The normalized spacial score (nSPS) is 9.89. The lowest BCUT2D eigenvalue weighted by Gasteiger charge is -2.09. The number of nitrogens with one attached hydrogen (secondary N) is 1. The van der Waals surface area contributed by atoms with Crippen LogP contribution in [-0.4, -0.2) is 10.8 Å². The van der Waals surface area contributed by atoms with E-state index in [2.05, 4.69) is 0 Å². The van der Waals surface area contributed by atoms with Crippen LogP contribution in [0.25, 0.3) is 0 Å². The van der Waals surface area contributed by atoms with Crippen LogP contribution in [0.5, 0.6) is 11.5 Å². The number of non-ortho nitro benzene ring substituents is 1. The second-order valence-electron chi connectivity index (χ2n) is 3.77. The topological polar surface area (TPSA) is 102 Å². The lowest BCUT2D eigenvalue weighted by Crippen LogP contribution is -2.12. The van der Waals surface area contributed by atoms with Gasteiger partial charge in [-0.25, -0.2) is 0 Å². The van der Waals surface area contributed by atoms with Gasteiger partial charge in [-0.15, -0.1) is 0 Å². The van der Waals surface area contributed by atoms with E-state index in [1.165, 1.54) is 18.2 Å². The number of nitrogens with zero attached hydrogens (tertiary/aromatic N) is 1. The number of nitro groups is 1. The number of benzene rings is 2. The van der Waals surface area contributed by atoms with E-state index in [9.17, 15) is 10.1 Å². The Labute approximate surface area is 109 Å². The Morgan fingerprint density at radius 3 is 2.63 bits per heavy atom. The van der Waals surface area contributed by atoms with E-state index in [-0.39, 0.29) is 11.5 Å². The number of nitrogens with two attached hydrogens (primary N) is 1. The molecule has 0 aliphatic rings. The third-order valence-electron chi connectivity index (χ3n) is 2.43. The van der Waals surface area contributed by atoms with Crippen molar-refractivity contribution >= 4 is 11.5 Å². The van der Waals surface area contributed by atoms with Gasteiger partial charge in [-0.2, -0.15) is 0 Å². The number of hydrogen-bond acceptors (Lipinski definition) is 4. The van der Waals surface area contributed by atoms with E-state index in [1.807, 2.05) is 0 Å². The number of para-hydroxylation sites is 1. The third kappa shape index (κ3) is 2.86. The van der Waals surface area contributed by atoms with Crippen LogP contribution in [0.4, 0.5) is 5.69 Å². The van der Waals surface area contributed by atoms with Crippen LogP contribution in [0.3, 0.4) is 0 Å². The van der Waals surface area contributed by atoms with Gasteiger partial charge in [-0.3, -0.25) is 15.5 Å². The van der Waals surface area contributed by atoms with Crippen molar-refractivity contribution < 1.29 is 9.66 Å². The summed E-state index contributed by atoms with van der Waals surface area (Å²) < 4.78 is 5.54. The van der Waals surface area contributed by atoms with Crippen LogP contribution >= 0.6 is 0 Å². The molecule has 2 rings (SSSR count). The molecule has 0 aliphatic heterocycles. The molecule has 0 saturated heterocycles. The molecule has 6 nitrogen and oxygen atoms in total. The number of nitrogen functional groups attached to an aromatic ring is 1. The van der Waals surface area contributed by atoms with E-state index in [1.54, 1.807) is 30.3 Å². The van der Waals surface area contributed by atoms with Gasteiger partial charge >= 0.3 is 0 Å². The lowest BCUT2D eigenvalue weighted by atomic mass is 10.2. The fourth-order valence-corrected chi connectivity index (χ4v) is 1.57. The van der Waals surface area contributed by atoms with Crippen LogP contribution < -0.4 is 10.5 Å². The molecule has 0 atom stereocenters. The van der Waals surface area contributed by atoms with Gasteiger partial charge in [0.2, 0.25) is 0 Å². The van der Waals surface area contributed by atoms with E-state index >= 15 is 0 Å². The number of ether oxygens (including phenoxy) is 1. The average molecular weight is 257 g/mol. The average Bonchev–Trinajstić information content (AvgIpc) is 2.39. The predicted octanol–water partition coefficient (Wildman–Crippen LogP) is 2.67. The number of rotatable bonds is 4. The van der Waals surface area contributed by atoms with E-state index in [0.29, 0.717) is 17.1 Å². The molecule has 0 spiro atoms. The van der Waals surface area contributed by atoms with Gasteiger partial charge in [0.05, 0.1) is 16.6 Å². The molecule has 0 fully saturated rings. The highest BCUT2D eigenvalue weighted by molar-refractivity contribution is 5.97. The third-order valence-corrected chi connectivity index (χ3v) is 2.43.